The summed E-state index contributed by atoms with van der Waals surface area (Å²) in [5, 5.41) is 26.6. The van der Waals surface area contributed by atoms with Crippen molar-refractivity contribution in [3.8, 4) is 11.1 Å². The Bertz CT molecular complexity index is 1700. The molecule has 0 saturated carbocycles. The third-order valence-corrected chi connectivity index (χ3v) is 8.31. The SMILES string of the molecule is CCN(CC)C/C=C/c1cnc(N)c2c(-c3ccc(NC(=O)c4c(B(O)O)c5ccccc5n4C)cc3)csc12. The van der Waals surface area contributed by atoms with E-state index in [9.17, 15) is 14.8 Å². The highest BCUT2D eigenvalue weighted by molar-refractivity contribution is 7.18. The number of carbonyl (C=O) groups is 1. The maximum atomic E-state index is 13.3. The van der Waals surface area contributed by atoms with Gasteiger partial charge in [0.1, 0.15) is 11.5 Å². The number of anilines is 2. The van der Waals surface area contributed by atoms with Gasteiger partial charge in [-0.3, -0.25) is 4.79 Å². The zero-order valence-corrected chi connectivity index (χ0v) is 23.6. The predicted molar refractivity (Wildman–Crippen MR) is 167 cm³/mol. The van der Waals surface area contributed by atoms with Crippen LogP contribution in [0.5, 0.6) is 0 Å². The van der Waals surface area contributed by atoms with Crippen molar-refractivity contribution in [3.63, 3.8) is 0 Å². The van der Waals surface area contributed by atoms with Crippen LogP contribution in [0.3, 0.4) is 0 Å². The molecule has 40 heavy (non-hydrogen) atoms. The van der Waals surface area contributed by atoms with Crippen molar-refractivity contribution in [1.82, 2.24) is 14.5 Å². The van der Waals surface area contributed by atoms with Crippen LogP contribution in [0.4, 0.5) is 11.5 Å². The molecule has 0 saturated heterocycles. The molecule has 5 rings (SSSR count). The van der Waals surface area contributed by atoms with Gasteiger partial charge in [-0.2, -0.15) is 0 Å². The number of hydrogen-bond donors (Lipinski definition) is 4. The number of nitrogens with zero attached hydrogens (tertiary/aromatic N) is 3. The molecule has 0 bridgehead atoms. The number of para-hydroxylation sites is 1. The molecule has 3 aromatic heterocycles. The molecule has 0 aliphatic rings. The average molecular weight is 553 g/mol. The number of thiophene rings is 1. The number of benzene rings is 2. The van der Waals surface area contributed by atoms with Gasteiger partial charge in [0.15, 0.2) is 0 Å². The van der Waals surface area contributed by atoms with E-state index in [-0.39, 0.29) is 11.2 Å². The number of nitrogen functional groups attached to an aromatic ring is 1. The van der Waals surface area contributed by atoms with Gasteiger partial charge in [0.05, 0.1) is 0 Å². The van der Waals surface area contributed by atoms with Crippen LogP contribution < -0.4 is 16.5 Å². The molecule has 3 heterocycles. The van der Waals surface area contributed by atoms with Crippen molar-refractivity contribution in [1.29, 1.82) is 0 Å². The van der Waals surface area contributed by atoms with Crippen molar-refractivity contribution in [3.05, 3.63) is 77.4 Å². The lowest BCUT2D eigenvalue weighted by Gasteiger charge is -2.14. The highest BCUT2D eigenvalue weighted by Gasteiger charge is 2.28. The quantitative estimate of drug-likeness (QED) is 0.202. The summed E-state index contributed by atoms with van der Waals surface area (Å²) in [6, 6.07) is 14.8. The summed E-state index contributed by atoms with van der Waals surface area (Å²) >= 11 is 1.64. The van der Waals surface area contributed by atoms with E-state index >= 15 is 0 Å². The number of pyridine rings is 1. The summed E-state index contributed by atoms with van der Waals surface area (Å²) in [5.41, 5.74) is 11.0. The molecule has 2 aromatic carbocycles. The Morgan fingerprint density at radius 2 is 1.88 bits per heavy atom. The van der Waals surface area contributed by atoms with Gasteiger partial charge in [0.2, 0.25) is 0 Å². The molecule has 0 atom stereocenters. The minimum Gasteiger partial charge on any atom is -0.423 e. The van der Waals surface area contributed by atoms with Crippen molar-refractivity contribution >= 4 is 68.4 Å². The fourth-order valence-corrected chi connectivity index (χ4v) is 6.19. The minimum absolute atomic E-state index is 0.182. The summed E-state index contributed by atoms with van der Waals surface area (Å²) in [7, 11) is -0.0449. The van der Waals surface area contributed by atoms with E-state index in [1.165, 1.54) is 0 Å². The second-order valence-corrected chi connectivity index (χ2v) is 10.5. The lowest BCUT2D eigenvalue weighted by Crippen LogP contribution is -2.36. The number of aromatic nitrogens is 2. The highest BCUT2D eigenvalue weighted by Crippen LogP contribution is 2.39. The lowest BCUT2D eigenvalue weighted by atomic mass is 9.77. The lowest BCUT2D eigenvalue weighted by molar-refractivity contribution is 0.102. The van der Waals surface area contributed by atoms with Crippen molar-refractivity contribution in [2.24, 2.45) is 7.05 Å². The standard InChI is InChI=1S/C30H32BN5O3S/c1-4-36(5-2)16-8-9-20-17-33-29(32)25-23(18-40-28(20)25)19-12-14-21(15-13-19)34-30(37)27-26(31(38)39)22-10-6-7-11-24(22)35(27)3/h6-15,17-18,38-39H,4-5,16H2,1-3H3,(H2,32,33)(H,34,37)/b9-8+. The van der Waals surface area contributed by atoms with E-state index in [4.69, 9.17) is 5.73 Å². The van der Waals surface area contributed by atoms with Crippen molar-refractivity contribution in [2.45, 2.75) is 13.8 Å². The smallest absolute Gasteiger partial charge is 0.423 e. The molecule has 204 valence electrons. The third-order valence-electron chi connectivity index (χ3n) is 7.28. The van der Waals surface area contributed by atoms with Crippen molar-refractivity contribution in [2.75, 3.05) is 30.7 Å². The summed E-state index contributed by atoms with van der Waals surface area (Å²) < 4.78 is 2.76. The fourth-order valence-electron chi connectivity index (χ4n) is 5.11. The molecule has 0 radical (unpaired) electrons. The molecule has 0 spiro atoms. The Labute approximate surface area is 237 Å². The van der Waals surface area contributed by atoms with Gasteiger partial charge in [0, 0.05) is 63.1 Å². The second kappa shape index (κ2) is 11.7. The minimum atomic E-state index is -1.78. The molecule has 0 aliphatic heterocycles. The van der Waals surface area contributed by atoms with Gasteiger partial charge in [-0.05, 0) is 42.2 Å². The molecule has 0 unspecified atom stereocenters. The maximum absolute atomic E-state index is 13.3. The van der Waals surface area contributed by atoms with E-state index in [2.05, 4.69) is 46.6 Å². The van der Waals surface area contributed by atoms with Crippen LogP contribution in [0.1, 0.15) is 29.9 Å². The van der Waals surface area contributed by atoms with Crippen LogP contribution in [0, 0.1) is 0 Å². The molecule has 5 N–H and O–H groups in total. The van der Waals surface area contributed by atoms with Gasteiger partial charge in [-0.1, -0.05) is 56.3 Å². The zero-order valence-electron chi connectivity index (χ0n) is 22.8. The number of amides is 1. The summed E-state index contributed by atoms with van der Waals surface area (Å²) in [5.74, 6) is 0.0560. The van der Waals surface area contributed by atoms with Gasteiger partial charge in [-0.15, -0.1) is 11.3 Å². The number of fused-ring (bicyclic) bond motifs is 2. The van der Waals surface area contributed by atoms with E-state index in [1.54, 1.807) is 35.1 Å². The fraction of sp³-hybridized carbons (Fsp3) is 0.200. The number of rotatable bonds is 9. The maximum Gasteiger partial charge on any atom is 0.491 e. The first-order valence-electron chi connectivity index (χ1n) is 13.2. The van der Waals surface area contributed by atoms with Crippen LogP contribution >= 0.6 is 11.3 Å². The number of likely N-dealkylation sites (N-methyl/N-ethyl adjacent to an activating group) is 1. The first-order valence-corrected chi connectivity index (χ1v) is 14.1. The molecule has 10 heteroatoms. The van der Waals surface area contributed by atoms with Crippen LogP contribution in [0.25, 0.3) is 38.2 Å². The van der Waals surface area contributed by atoms with Gasteiger partial charge >= 0.3 is 7.12 Å². The molecular weight excluding hydrogens is 521 g/mol. The monoisotopic (exact) mass is 553 g/mol. The molecule has 0 fully saturated rings. The number of nitrogens with two attached hydrogens (primary N) is 1. The second-order valence-electron chi connectivity index (χ2n) is 9.58. The number of carbonyl (C=O) groups excluding carboxylic acids is 1. The number of hydrogen-bond acceptors (Lipinski definition) is 7. The first kappa shape index (κ1) is 27.6. The van der Waals surface area contributed by atoms with Gasteiger partial charge in [0.25, 0.3) is 5.91 Å². The zero-order chi connectivity index (χ0) is 28.4. The summed E-state index contributed by atoms with van der Waals surface area (Å²) in [4.78, 5) is 20.1. The van der Waals surface area contributed by atoms with Crippen LogP contribution in [-0.4, -0.2) is 57.2 Å². The van der Waals surface area contributed by atoms with E-state index in [0.717, 1.165) is 51.9 Å². The number of aryl methyl sites for hydroxylation is 1. The Kier molecular flexibility index (Phi) is 8.04. The topological polar surface area (TPSA) is 117 Å². The van der Waals surface area contributed by atoms with E-state index < -0.39 is 13.0 Å². The van der Waals surface area contributed by atoms with Gasteiger partial charge in [-0.25, -0.2) is 4.98 Å². The van der Waals surface area contributed by atoms with Crippen LogP contribution in [-0.2, 0) is 7.05 Å². The first-order chi connectivity index (χ1) is 19.3. The van der Waals surface area contributed by atoms with Crippen molar-refractivity contribution < 1.29 is 14.8 Å². The largest absolute Gasteiger partial charge is 0.491 e. The summed E-state index contributed by atoms with van der Waals surface area (Å²) in [6.45, 7) is 7.19. The van der Waals surface area contributed by atoms with Crippen LogP contribution in [0.15, 0.2) is 66.2 Å². The molecule has 5 aromatic rings. The number of nitrogens with one attached hydrogen (secondary N) is 1. The Morgan fingerprint density at radius 3 is 2.58 bits per heavy atom. The van der Waals surface area contributed by atoms with Crippen LogP contribution in [0.2, 0.25) is 0 Å². The normalized spacial score (nSPS) is 11.8. The van der Waals surface area contributed by atoms with E-state index in [1.807, 2.05) is 42.6 Å². The molecule has 8 nitrogen and oxygen atoms in total. The molecule has 1 amide bonds. The van der Waals surface area contributed by atoms with E-state index in [0.29, 0.717) is 16.9 Å². The third kappa shape index (κ3) is 5.14. The summed E-state index contributed by atoms with van der Waals surface area (Å²) in [6.07, 6.45) is 6.09. The molecule has 0 aliphatic carbocycles. The predicted octanol–water partition coefficient (Wildman–Crippen LogP) is 4.32. The average Bonchev–Trinajstić information content (AvgIpc) is 3.53. The Morgan fingerprint density at radius 1 is 1.15 bits per heavy atom. The Hall–Kier alpha value is -3.96. The highest BCUT2D eigenvalue weighted by atomic mass is 32.1. The molecular formula is C30H32BN5O3S. The Balaban J connectivity index is 1.41. The van der Waals surface area contributed by atoms with Gasteiger partial charge < -0.3 is 30.6 Å².